The maximum Gasteiger partial charge on any atom is 0.238 e. The van der Waals surface area contributed by atoms with Crippen LogP contribution < -0.4 is 10.5 Å². The molecule has 1 aromatic carbocycles. The average molecular weight is 405 g/mol. The Bertz CT molecular complexity index is 1030. The van der Waals surface area contributed by atoms with Crippen molar-refractivity contribution >= 4 is 33.4 Å². The van der Waals surface area contributed by atoms with E-state index < -0.39 is 15.3 Å². The molecule has 0 saturated carbocycles. The maximum atomic E-state index is 12.4. The fourth-order valence-corrected chi connectivity index (χ4v) is 3.84. The summed E-state index contributed by atoms with van der Waals surface area (Å²) in [5.41, 5.74) is 3.56. The van der Waals surface area contributed by atoms with Gasteiger partial charge in [0.2, 0.25) is 15.9 Å². The number of hydrogen-bond acceptors (Lipinski definition) is 6. The van der Waals surface area contributed by atoms with Crippen molar-refractivity contribution in [1.29, 1.82) is 5.26 Å². The molecule has 2 rings (SSSR count). The lowest BCUT2D eigenvalue weighted by Crippen LogP contribution is -2.23. The minimum atomic E-state index is -3.78. The summed E-state index contributed by atoms with van der Waals surface area (Å²) in [4.78, 5) is 16.9. The molecule has 0 aliphatic rings. The van der Waals surface area contributed by atoms with Crippen LogP contribution in [0.15, 0.2) is 34.2 Å². The summed E-state index contributed by atoms with van der Waals surface area (Å²) < 4.78 is 22.5. The first-order valence-electron chi connectivity index (χ1n) is 8.03. The second-order valence-corrected chi connectivity index (χ2v) is 8.95. The van der Waals surface area contributed by atoms with Crippen molar-refractivity contribution in [3.05, 3.63) is 46.6 Å². The van der Waals surface area contributed by atoms with Gasteiger partial charge >= 0.3 is 0 Å². The highest BCUT2D eigenvalue weighted by Gasteiger charge is 2.20. The molecule has 9 heteroatoms. The number of thioether (sulfide) groups is 1. The Hall–Kier alpha value is -2.41. The van der Waals surface area contributed by atoms with Gasteiger partial charge in [-0.3, -0.25) is 4.79 Å². The molecule has 0 fully saturated rings. The lowest BCUT2D eigenvalue weighted by atomic mass is 10.1. The molecular formula is C18H20N4O3S2. The minimum Gasteiger partial charge on any atom is -0.325 e. The number of pyridine rings is 1. The number of sulfonamides is 1. The molecule has 0 bridgehead atoms. The first-order valence-corrected chi connectivity index (χ1v) is 10.5. The predicted octanol–water partition coefficient (Wildman–Crippen LogP) is 2.65. The zero-order valence-electron chi connectivity index (χ0n) is 15.4. The van der Waals surface area contributed by atoms with Crippen LogP contribution in [-0.2, 0) is 14.8 Å². The molecule has 1 unspecified atom stereocenters. The number of hydrogen-bond donors (Lipinski definition) is 2. The number of carbonyl (C=O) groups excluding carboxylic acids is 1. The molecular weight excluding hydrogens is 384 g/mol. The second kappa shape index (κ2) is 8.08. The number of rotatable bonds is 5. The van der Waals surface area contributed by atoms with E-state index in [-0.39, 0.29) is 10.8 Å². The molecule has 0 saturated heterocycles. The molecule has 0 spiro atoms. The quantitative estimate of drug-likeness (QED) is 0.738. The van der Waals surface area contributed by atoms with E-state index in [2.05, 4.69) is 16.4 Å². The largest absolute Gasteiger partial charge is 0.325 e. The second-order valence-electron chi connectivity index (χ2n) is 6.06. The summed E-state index contributed by atoms with van der Waals surface area (Å²) in [7, 11) is -3.78. The number of benzene rings is 1. The fourth-order valence-electron chi connectivity index (χ4n) is 2.32. The summed E-state index contributed by atoms with van der Waals surface area (Å²) >= 11 is 1.21. The minimum absolute atomic E-state index is 0.0311. The van der Waals surface area contributed by atoms with Gasteiger partial charge in [-0.2, -0.15) is 5.26 Å². The maximum absolute atomic E-state index is 12.4. The third kappa shape index (κ3) is 4.86. The van der Waals surface area contributed by atoms with Crippen molar-refractivity contribution in [2.75, 3.05) is 5.32 Å². The van der Waals surface area contributed by atoms with E-state index in [1.807, 2.05) is 20.8 Å². The number of nitriles is 1. The Balaban J connectivity index is 2.16. The van der Waals surface area contributed by atoms with Crippen molar-refractivity contribution < 1.29 is 13.2 Å². The van der Waals surface area contributed by atoms with Gasteiger partial charge in [0.05, 0.1) is 15.7 Å². The topological polar surface area (TPSA) is 126 Å². The van der Waals surface area contributed by atoms with Gasteiger partial charge in [-0.1, -0.05) is 11.8 Å². The van der Waals surface area contributed by atoms with Crippen LogP contribution in [0.5, 0.6) is 0 Å². The van der Waals surface area contributed by atoms with Crippen molar-refractivity contribution in [1.82, 2.24) is 4.98 Å². The van der Waals surface area contributed by atoms with Gasteiger partial charge in [0, 0.05) is 11.4 Å². The molecule has 1 heterocycles. The normalized spacial score (nSPS) is 12.3. The highest BCUT2D eigenvalue weighted by molar-refractivity contribution is 8.00. The Labute approximate surface area is 163 Å². The number of nitrogens with two attached hydrogens (primary N) is 1. The van der Waals surface area contributed by atoms with Crippen LogP contribution in [0.4, 0.5) is 5.69 Å². The molecule has 27 heavy (non-hydrogen) atoms. The number of primary sulfonamides is 1. The molecule has 1 atom stereocenters. The van der Waals surface area contributed by atoms with Crippen molar-refractivity contribution in [3.8, 4) is 6.07 Å². The lowest BCUT2D eigenvalue weighted by Gasteiger charge is -2.15. The van der Waals surface area contributed by atoms with E-state index >= 15 is 0 Å². The van der Waals surface area contributed by atoms with Crippen molar-refractivity contribution in [3.63, 3.8) is 0 Å². The standard InChI is InChI=1S/C18H20N4O3S2/c1-10-11(2)16(9-19)18(21-12(10)3)26-13(4)17(23)22-14-5-7-15(8-6-14)27(20,24)25/h5-8,13H,1-4H3,(H,22,23)(H2,20,24,25). The van der Waals surface area contributed by atoms with Gasteiger partial charge in [0.15, 0.2) is 0 Å². The number of anilines is 1. The molecule has 3 N–H and O–H groups in total. The van der Waals surface area contributed by atoms with Crippen LogP contribution in [0.25, 0.3) is 0 Å². The number of aromatic nitrogens is 1. The fraction of sp³-hybridized carbons (Fsp3) is 0.278. The summed E-state index contributed by atoms with van der Waals surface area (Å²) in [5.74, 6) is -0.287. The Morgan fingerprint density at radius 3 is 2.33 bits per heavy atom. The van der Waals surface area contributed by atoms with Crippen LogP contribution in [0.2, 0.25) is 0 Å². The zero-order valence-corrected chi connectivity index (χ0v) is 17.0. The average Bonchev–Trinajstić information content (AvgIpc) is 2.59. The van der Waals surface area contributed by atoms with E-state index in [0.29, 0.717) is 16.3 Å². The third-order valence-corrected chi connectivity index (χ3v) is 6.20. The summed E-state index contributed by atoms with van der Waals surface area (Å²) in [5, 5.41) is 17.2. The lowest BCUT2D eigenvalue weighted by molar-refractivity contribution is -0.115. The van der Waals surface area contributed by atoms with E-state index in [0.717, 1.165) is 16.8 Å². The molecule has 7 nitrogen and oxygen atoms in total. The molecule has 0 radical (unpaired) electrons. The summed E-state index contributed by atoms with van der Waals surface area (Å²) in [6.45, 7) is 7.36. The van der Waals surface area contributed by atoms with Gasteiger partial charge in [-0.05, 0) is 63.1 Å². The molecule has 142 valence electrons. The summed E-state index contributed by atoms with van der Waals surface area (Å²) in [6, 6.07) is 7.74. The molecule has 0 aliphatic carbocycles. The number of nitrogens with one attached hydrogen (secondary N) is 1. The Morgan fingerprint density at radius 2 is 1.81 bits per heavy atom. The molecule has 0 aliphatic heterocycles. The van der Waals surface area contributed by atoms with Gasteiger partial charge < -0.3 is 5.32 Å². The van der Waals surface area contributed by atoms with E-state index in [4.69, 9.17) is 5.14 Å². The highest BCUT2D eigenvalue weighted by atomic mass is 32.2. The van der Waals surface area contributed by atoms with Crippen LogP contribution >= 0.6 is 11.8 Å². The van der Waals surface area contributed by atoms with Crippen LogP contribution in [0.3, 0.4) is 0 Å². The number of carbonyl (C=O) groups is 1. The zero-order chi connectivity index (χ0) is 20.4. The highest BCUT2D eigenvalue weighted by Crippen LogP contribution is 2.29. The smallest absolute Gasteiger partial charge is 0.238 e. The summed E-state index contributed by atoms with van der Waals surface area (Å²) in [6.07, 6.45) is 0. The van der Waals surface area contributed by atoms with Gasteiger partial charge in [-0.25, -0.2) is 18.5 Å². The first kappa shape index (κ1) is 20.9. The van der Waals surface area contributed by atoms with Crippen molar-refractivity contribution in [2.45, 2.75) is 42.9 Å². The van der Waals surface area contributed by atoms with Crippen LogP contribution in [0, 0.1) is 32.1 Å². The molecule has 1 amide bonds. The molecule has 1 aromatic heterocycles. The van der Waals surface area contributed by atoms with E-state index in [9.17, 15) is 18.5 Å². The van der Waals surface area contributed by atoms with Gasteiger partial charge in [0.25, 0.3) is 0 Å². The Kier molecular flexibility index (Phi) is 6.26. The predicted molar refractivity (Wildman–Crippen MR) is 105 cm³/mol. The number of nitrogens with zero attached hydrogens (tertiary/aromatic N) is 2. The van der Waals surface area contributed by atoms with E-state index in [1.54, 1.807) is 6.92 Å². The monoisotopic (exact) mass is 404 g/mol. The Morgan fingerprint density at radius 1 is 1.22 bits per heavy atom. The number of aryl methyl sites for hydroxylation is 1. The van der Waals surface area contributed by atoms with Crippen molar-refractivity contribution in [2.24, 2.45) is 5.14 Å². The van der Waals surface area contributed by atoms with Crippen LogP contribution in [-0.4, -0.2) is 24.6 Å². The molecule has 2 aromatic rings. The third-order valence-electron chi connectivity index (χ3n) is 4.18. The van der Waals surface area contributed by atoms with Gasteiger partial charge in [-0.15, -0.1) is 0 Å². The van der Waals surface area contributed by atoms with Gasteiger partial charge in [0.1, 0.15) is 11.1 Å². The first-order chi connectivity index (χ1) is 12.5. The van der Waals surface area contributed by atoms with Crippen LogP contribution in [0.1, 0.15) is 29.3 Å². The number of amides is 1. The van der Waals surface area contributed by atoms with E-state index in [1.165, 1.54) is 36.0 Å². The SMILES string of the molecule is Cc1nc(SC(C)C(=O)Nc2ccc(S(N)(=O)=O)cc2)c(C#N)c(C)c1C.